The molecule has 4 aromatic carbocycles. The summed E-state index contributed by atoms with van der Waals surface area (Å²) < 4.78 is 7.03. The van der Waals surface area contributed by atoms with Gasteiger partial charge in [0.1, 0.15) is 11.2 Å². The molecule has 3 heteroatoms. The van der Waals surface area contributed by atoms with Gasteiger partial charge in [-0.2, -0.15) is 0 Å². The van der Waals surface area contributed by atoms with Gasteiger partial charge in [-0.05, 0) is 58.9 Å². The number of hydrogen-bond donors (Lipinski definition) is 1. The van der Waals surface area contributed by atoms with E-state index in [-0.39, 0.29) is 17.0 Å². The summed E-state index contributed by atoms with van der Waals surface area (Å²) in [7, 11) is 0. The smallest absolute Gasteiger partial charge is 0.145 e. The molecule has 4 atom stereocenters. The predicted octanol–water partition coefficient (Wildman–Crippen LogP) is 11.6. The first kappa shape index (κ1) is 30.2. The lowest BCUT2D eigenvalue weighted by molar-refractivity contribution is 0.136. The van der Waals surface area contributed by atoms with Crippen LogP contribution >= 0.6 is 0 Å². The van der Waals surface area contributed by atoms with Gasteiger partial charge in [-0.25, -0.2) is 0 Å². The Morgan fingerprint density at radius 2 is 1.57 bits per heavy atom. The van der Waals surface area contributed by atoms with Crippen molar-refractivity contribution >= 4 is 55.4 Å². The van der Waals surface area contributed by atoms with E-state index in [1.54, 1.807) is 0 Å². The zero-order chi connectivity index (χ0) is 31.4. The van der Waals surface area contributed by atoms with Gasteiger partial charge in [0.05, 0.1) is 11.6 Å². The van der Waals surface area contributed by atoms with Crippen LogP contribution in [0, 0.1) is 23.2 Å². The average molecular weight is 585 g/mol. The second-order valence-electron chi connectivity index (χ2n) is 14.2. The Bertz CT molecular complexity index is 1940. The fourth-order valence-electron chi connectivity index (χ4n) is 6.86. The maximum atomic E-state index is 7.03. The Kier molecular flexibility index (Phi) is 7.72. The number of benzene rings is 4. The fourth-order valence-corrected chi connectivity index (χ4v) is 6.86. The topological polar surface area (TPSA) is 37.5 Å². The lowest BCUT2D eigenvalue weighted by Gasteiger charge is -2.45. The predicted molar refractivity (Wildman–Crippen MR) is 192 cm³/mol. The summed E-state index contributed by atoms with van der Waals surface area (Å²) >= 11 is 0. The molecule has 1 aliphatic rings. The van der Waals surface area contributed by atoms with E-state index >= 15 is 0 Å². The van der Waals surface area contributed by atoms with E-state index < -0.39 is 0 Å². The molecule has 228 valence electrons. The van der Waals surface area contributed by atoms with Crippen LogP contribution in [0.4, 0.5) is 0 Å². The van der Waals surface area contributed by atoms with Crippen molar-refractivity contribution in [1.29, 1.82) is 0 Å². The molecule has 0 radical (unpaired) electrons. The summed E-state index contributed by atoms with van der Waals surface area (Å²) in [5.74, 6) is 1.38. The number of aliphatic imine (C=N–C) groups is 1. The summed E-state index contributed by atoms with van der Waals surface area (Å²) in [6, 6.07) is 22.2. The third-order valence-corrected chi connectivity index (χ3v) is 10.8. The molecule has 0 spiro atoms. The molecule has 6 rings (SSSR count). The van der Waals surface area contributed by atoms with Crippen LogP contribution in [0.1, 0.15) is 85.4 Å². The van der Waals surface area contributed by atoms with Crippen molar-refractivity contribution in [2.24, 2.45) is 28.2 Å². The van der Waals surface area contributed by atoms with Gasteiger partial charge in [0.15, 0.2) is 0 Å². The quantitative estimate of drug-likeness (QED) is 0.106. The normalized spacial score (nSPS) is 19.3. The Labute approximate surface area is 263 Å². The van der Waals surface area contributed by atoms with Crippen LogP contribution in [0.3, 0.4) is 0 Å². The Hall–Kier alpha value is -3.85. The number of hydrogen-bond acceptors (Lipinski definition) is 3. The van der Waals surface area contributed by atoms with Crippen LogP contribution in [0.25, 0.3) is 49.2 Å². The number of furan rings is 1. The molecular formula is C41H48N2O. The minimum absolute atomic E-state index is 0.0550. The number of nitrogens with one attached hydrogen (secondary N) is 1. The molecule has 2 heterocycles. The molecule has 0 fully saturated rings. The van der Waals surface area contributed by atoms with Gasteiger partial charge in [0, 0.05) is 39.0 Å². The Morgan fingerprint density at radius 3 is 2.30 bits per heavy atom. The lowest BCUT2D eigenvalue weighted by atomic mass is 9.65. The highest BCUT2D eigenvalue weighted by atomic mass is 16.3. The third-order valence-electron chi connectivity index (χ3n) is 10.8. The highest BCUT2D eigenvalue weighted by Gasteiger charge is 2.49. The minimum Gasteiger partial charge on any atom is -0.455 e. The van der Waals surface area contributed by atoms with E-state index in [1.165, 1.54) is 49.1 Å². The second-order valence-corrected chi connectivity index (χ2v) is 14.2. The molecule has 44 heavy (non-hydrogen) atoms. The number of fused-ring (bicyclic) bond motifs is 9. The van der Waals surface area contributed by atoms with Gasteiger partial charge < -0.3 is 9.73 Å². The summed E-state index contributed by atoms with van der Waals surface area (Å²) in [5, 5.41) is 11.2. The molecule has 1 aliphatic heterocycles. The van der Waals surface area contributed by atoms with E-state index in [0.717, 1.165) is 24.0 Å². The van der Waals surface area contributed by atoms with Crippen LogP contribution in [0.5, 0.6) is 0 Å². The average Bonchev–Trinajstić information content (AvgIpc) is 3.58. The SMILES string of the molecule is C=CCC(C)(N=CC(C)C(C)C)C(C)(C)C1N/C(=C\C(C)CC)c2c1ccc1c2oc2c1ccc1ccc3ccccc3c12. The molecule has 4 unspecified atom stereocenters. The summed E-state index contributed by atoms with van der Waals surface area (Å²) in [5.41, 5.74) is 5.01. The summed E-state index contributed by atoms with van der Waals surface area (Å²) in [6.07, 6.45) is 8.49. The van der Waals surface area contributed by atoms with Gasteiger partial charge in [0.2, 0.25) is 0 Å². The van der Waals surface area contributed by atoms with E-state index in [9.17, 15) is 0 Å². The van der Waals surface area contributed by atoms with Crippen molar-refractivity contribution in [3.8, 4) is 0 Å². The van der Waals surface area contributed by atoms with Crippen LogP contribution < -0.4 is 5.32 Å². The second kappa shape index (κ2) is 11.3. The van der Waals surface area contributed by atoms with Crippen molar-refractivity contribution in [3.63, 3.8) is 0 Å². The van der Waals surface area contributed by atoms with Crippen molar-refractivity contribution in [2.45, 2.75) is 79.8 Å². The third kappa shape index (κ3) is 4.76. The summed E-state index contributed by atoms with van der Waals surface area (Å²) in [4.78, 5) is 5.34. The summed E-state index contributed by atoms with van der Waals surface area (Å²) in [6.45, 7) is 22.5. The van der Waals surface area contributed by atoms with Gasteiger partial charge >= 0.3 is 0 Å². The first-order valence-electron chi connectivity index (χ1n) is 16.4. The van der Waals surface area contributed by atoms with Gasteiger partial charge in [-0.3, -0.25) is 4.99 Å². The molecule has 1 N–H and O–H groups in total. The van der Waals surface area contributed by atoms with Gasteiger partial charge in [-0.15, -0.1) is 6.58 Å². The van der Waals surface area contributed by atoms with Crippen molar-refractivity contribution in [2.75, 3.05) is 0 Å². The molecule has 3 nitrogen and oxygen atoms in total. The maximum Gasteiger partial charge on any atom is 0.145 e. The maximum absolute atomic E-state index is 7.03. The van der Waals surface area contributed by atoms with E-state index in [4.69, 9.17) is 9.41 Å². The highest BCUT2D eigenvalue weighted by Crippen LogP contribution is 2.53. The molecule has 0 aliphatic carbocycles. The van der Waals surface area contributed by atoms with Gasteiger partial charge in [0.25, 0.3) is 0 Å². The van der Waals surface area contributed by atoms with Crippen LogP contribution in [0.15, 0.2) is 88.8 Å². The van der Waals surface area contributed by atoms with E-state index in [1.807, 2.05) is 6.08 Å². The lowest BCUT2D eigenvalue weighted by Crippen LogP contribution is -2.47. The van der Waals surface area contributed by atoms with E-state index in [2.05, 4.69) is 140 Å². The van der Waals surface area contributed by atoms with E-state index in [0.29, 0.717) is 17.8 Å². The van der Waals surface area contributed by atoms with Gasteiger partial charge in [-0.1, -0.05) is 122 Å². The number of nitrogens with zero attached hydrogens (tertiary/aromatic N) is 1. The van der Waals surface area contributed by atoms with Crippen LogP contribution in [-0.2, 0) is 0 Å². The first-order chi connectivity index (χ1) is 21.0. The first-order valence-corrected chi connectivity index (χ1v) is 16.4. The fraction of sp³-hybridized carbons (Fsp3) is 0.390. The van der Waals surface area contributed by atoms with Crippen LogP contribution in [-0.4, -0.2) is 11.8 Å². The molecule has 0 bridgehead atoms. The van der Waals surface area contributed by atoms with Crippen molar-refractivity contribution in [1.82, 2.24) is 5.32 Å². The zero-order valence-corrected chi connectivity index (χ0v) is 27.8. The Balaban J connectivity index is 1.60. The largest absolute Gasteiger partial charge is 0.455 e. The van der Waals surface area contributed by atoms with Crippen molar-refractivity contribution in [3.05, 3.63) is 90.5 Å². The molecule has 1 aromatic heterocycles. The molecule has 5 aromatic rings. The molecule has 0 saturated carbocycles. The minimum atomic E-state index is -0.351. The van der Waals surface area contributed by atoms with Crippen LogP contribution in [0.2, 0.25) is 0 Å². The Morgan fingerprint density at radius 1 is 0.886 bits per heavy atom. The zero-order valence-electron chi connectivity index (χ0n) is 27.8. The molecule has 0 amide bonds. The van der Waals surface area contributed by atoms with Crippen molar-refractivity contribution < 1.29 is 4.42 Å². The standard InChI is InChI=1S/C41H48N2O/c1-10-22-41(9,42-24-27(6)25(3)4)40(7,8)39-33-21-20-32-31-19-18-29-17-16-28-14-12-13-15-30(28)35(29)37(31)44-38(32)36(33)34(43-39)23-26(5)11-2/h10,12-21,23-27,39,43H,1,11,22H2,2-9H3/b34-23-,42-24?. The molecule has 0 saturated heterocycles. The monoisotopic (exact) mass is 584 g/mol. The highest BCUT2D eigenvalue weighted by molar-refractivity contribution is 6.23. The number of allylic oxidation sites excluding steroid dienone is 1. The molecular weight excluding hydrogens is 536 g/mol. The number of rotatable bonds is 9.